The van der Waals surface area contributed by atoms with E-state index in [1.165, 1.54) is 51.4 Å². The Morgan fingerprint density at radius 2 is 0.487 bits per heavy atom. The summed E-state index contributed by atoms with van der Waals surface area (Å²) >= 11 is 0. The van der Waals surface area contributed by atoms with E-state index >= 15 is 0 Å². The van der Waals surface area contributed by atoms with E-state index in [9.17, 15) is 14.4 Å². The van der Waals surface area contributed by atoms with Gasteiger partial charge in [0, 0.05) is 19.3 Å². The monoisotopic (exact) mass is 1100 g/mol. The van der Waals surface area contributed by atoms with Crippen LogP contribution in [-0.4, -0.2) is 37.2 Å². The largest absolute Gasteiger partial charge is 0.462 e. The van der Waals surface area contributed by atoms with Crippen molar-refractivity contribution in [3.8, 4) is 0 Å². The van der Waals surface area contributed by atoms with Crippen molar-refractivity contribution in [2.45, 2.75) is 264 Å². The first-order valence-electron chi connectivity index (χ1n) is 32.1. The fourth-order valence-electron chi connectivity index (χ4n) is 8.23. The minimum Gasteiger partial charge on any atom is -0.462 e. The lowest BCUT2D eigenvalue weighted by molar-refractivity contribution is -0.167. The van der Waals surface area contributed by atoms with E-state index in [0.29, 0.717) is 12.8 Å². The molecule has 6 nitrogen and oxygen atoms in total. The van der Waals surface area contributed by atoms with Crippen LogP contribution in [0.5, 0.6) is 0 Å². The quantitative estimate of drug-likeness (QED) is 0.0261. The minimum atomic E-state index is -0.801. The third kappa shape index (κ3) is 63.6. The first-order valence-corrected chi connectivity index (χ1v) is 32.1. The van der Waals surface area contributed by atoms with Gasteiger partial charge in [0.05, 0.1) is 0 Å². The molecule has 6 heteroatoms. The average molecular weight is 1100 g/mol. The summed E-state index contributed by atoms with van der Waals surface area (Å²) < 4.78 is 16.8. The molecule has 0 aliphatic carbocycles. The maximum Gasteiger partial charge on any atom is 0.306 e. The molecule has 448 valence electrons. The van der Waals surface area contributed by atoms with Gasteiger partial charge in [-0.2, -0.15) is 0 Å². The van der Waals surface area contributed by atoms with Gasteiger partial charge in [0.2, 0.25) is 0 Å². The Balaban J connectivity index is 4.20. The summed E-state index contributed by atoms with van der Waals surface area (Å²) in [5, 5.41) is 0. The second-order valence-corrected chi connectivity index (χ2v) is 20.6. The van der Waals surface area contributed by atoms with Crippen LogP contribution in [0.25, 0.3) is 0 Å². The molecule has 0 bridgehead atoms. The SMILES string of the molecule is CC/C=C\C/C=C\C/C=C\C/C=C\C/C=C\C/C=C\C/C=C\C/C=C\CCCCCCCCCCC(=O)OCC(COC(=O)CCCCCCCC)OC(=O)CCCCCC/C=C\C/C=C\C/C=C\C/C=C\C/C=C\C/C=C\CC. The standard InChI is InChI=1S/C74H116O6/c1-4-7-10-13-16-18-20-22-24-26-28-30-32-33-34-35-36-37-38-39-40-41-43-44-46-48-50-52-54-56-58-61-64-67-73(76)79-70-71(69-78-72(75)66-63-60-15-12-9-6-3)80-74(77)68-65-62-59-57-55-53-51-49-47-45-42-31-29-27-25-23-21-19-17-14-11-8-5-2/h7-8,10-11,16-19,22-25,28-31,33-34,36-37,39-40,43-45,47,51,53,71H,4-6,9,12-15,20-21,26-27,32,35,38,41-42,46,48-50,52,54-70H2,1-3H3/b10-7-,11-8-,18-16-,19-17-,24-22-,25-23-,30-28-,31-29-,34-33-,37-36-,40-39-,44-43-,47-45-,53-51-. The van der Waals surface area contributed by atoms with Gasteiger partial charge in [-0.05, 0) is 135 Å². The van der Waals surface area contributed by atoms with Crippen molar-refractivity contribution >= 4 is 17.9 Å². The molecular formula is C74H116O6. The summed E-state index contributed by atoms with van der Waals surface area (Å²) in [5.41, 5.74) is 0. The minimum absolute atomic E-state index is 0.0976. The zero-order chi connectivity index (χ0) is 57.8. The Morgan fingerprint density at radius 1 is 0.263 bits per heavy atom. The highest BCUT2D eigenvalue weighted by molar-refractivity contribution is 5.71. The number of carbonyl (C=O) groups is 3. The summed E-state index contributed by atoms with van der Waals surface area (Å²) in [6.45, 7) is 6.31. The molecule has 0 heterocycles. The van der Waals surface area contributed by atoms with Crippen molar-refractivity contribution < 1.29 is 28.6 Å². The van der Waals surface area contributed by atoms with E-state index in [1.54, 1.807) is 0 Å². The van der Waals surface area contributed by atoms with Crippen molar-refractivity contribution in [1.82, 2.24) is 0 Å². The lowest BCUT2D eigenvalue weighted by Gasteiger charge is -2.18. The van der Waals surface area contributed by atoms with Gasteiger partial charge in [0.1, 0.15) is 13.2 Å². The van der Waals surface area contributed by atoms with Gasteiger partial charge in [0.15, 0.2) is 6.10 Å². The van der Waals surface area contributed by atoms with Crippen LogP contribution in [-0.2, 0) is 28.6 Å². The molecule has 0 N–H and O–H groups in total. The smallest absolute Gasteiger partial charge is 0.306 e. The Labute approximate surface area is 492 Å². The molecule has 0 radical (unpaired) electrons. The zero-order valence-electron chi connectivity index (χ0n) is 51.3. The van der Waals surface area contributed by atoms with Crippen LogP contribution < -0.4 is 0 Å². The summed E-state index contributed by atoms with van der Waals surface area (Å²) in [6.07, 6.45) is 98.2. The second-order valence-electron chi connectivity index (χ2n) is 20.6. The summed E-state index contributed by atoms with van der Waals surface area (Å²) in [6, 6.07) is 0. The summed E-state index contributed by atoms with van der Waals surface area (Å²) in [4.78, 5) is 38.0. The number of esters is 3. The lowest BCUT2D eigenvalue weighted by Crippen LogP contribution is -2.30. The van der Waals surface area contributed by atoms with Crippen molar-refractivity contribution in [2.75, 3.05) is 13.2 Å². The predicted octanol–water partition coefficient (Wildman–Crippen LogP) is 22.3. The molecule has 0 rings (SSSR count). The lowest BCUT2D eigenvalue weighted by atomic mass is 10.1. The summed E-state index contributed by atoms with van der Waals surface area (Å²) in [5.74, 6) is -0.948. The molecule has 1 atom stereocenters. The zero-order valence-corrected chi connectivity index (χ0v) is 51.3. The van der Waals surface area contributed by atoms with E-state index < -0.39 is 6.10 Å². The van der Waals surface area contributed by atoms with Crippen molar-refractivity contribution in [3.05, 3.63) is 170 Å². The third-order valence-electron chi connectivity index (χ3n) is 13.0. The van der Waals surface area contributed by atoms with Crippen LogP contribution in [0.2, 0.25) is 0 Å². The highest BCUT2D eigenvalue weighted by Gasteiger charge is 2.19. The molecule has 0 amide bonds. The van der Waals surface area contributed by atoms with Crippen molar-refractivity contribution in [3.63, 3.8) is 0 Å². The number of hydrogen-bond donors (Lipinski definition) is 0. The Bertz CT molecular complexity index is 1840. The third-order valence-corrected chi connectivity index (χ3v) is 13.0. The molecule has 0 spiro atoms. The molecule has 1 unspecified atom stereocenters. The Kier molecular flexibility index (Phi) is 61.9. The molecule has 0 saturated heterocycles. The molecular weight excluding hydrogens is 985 g/mol. The van der Waals surface area contributed by atoms with Crippen LogP contribution in [0.15, 0.2) is 170 Å². The van der Waals surface area contributed by atoms with Gasteiger partial charge in [-0.1, -0.05) is 274 Å². The van der Waals surface area contributed by atoms with Crippen LogP contribution >= 0.6 is 0 Å². The van der Waals surface area contributed by atoms with E-state index in [0.717, 1.165) is 167 Å². The fraction of sp³-hybridized carbons (Fsp3) is 0.581. The normalized spacial score (nSPS) is 13.3. The Hall–Kier alpha value is -5.23. The number of unbranched alkanes of at least 4 members (excludes halogenated alkanes) is 17. The maximum atomic E-state index is 12.8. The first-order chi connectivity index (χ1) is 39.5. The van der Waals surface area contributed by atoms with E-state index in [1.807, 2.05) is 0 Å². The first kappa shape index (κ1) is 74.8. The number of carbonyl (C=O) groups excluding carboxylic acids is 3. The fourth-order valence-corrected chi connectivity index (χ4v) is 8.23. The highest BCUT2D eigenvalue weighted by Crippen LogP contribution is 2.14. The molecule has 0 fully saturated rings. The van der Waals surface area contributed by atoms with E-state index in [-0.39, 0.29) is 37.5 Å². The average Bonchev–Trinajstić information content (AvgIpc) is 3.46. The van der Waals surface area contributed by atoms with Crippen LogP contribution in [0.1, 0.15) is 258 Å². The summed E-state index contributed by atoms with van der Waals surface area (Å²) in [7, 11) is 0. The molecule has 0 saturated carbocycles. The molecule has 0 aliphatic heterocycles. The topological polar surface area (TPSA) is 78.9 Å². The highest BCUT2D eigenvalue weighted by atomic mass is 16.6. The van der Waals surface area contributed by atoms with Crippen molar-refractivity contribution in [2.24, 2.45) is 0 Å². The second kappa shape index (κ2) is 66.3. The molecule has 0 aliphatic rings. The predicted molar refractivity (Wildman–Crippen MR) is 348 cm³/mol. The molecule has 80 heavy (non-hydrogen) atoms. The number of hydrogen-bond acceptors (Lipinski definition) is 6. The van der Waals surface area contributed by atoms with Crippen LogP contribution in [0, 0.1) is 0 Å². The van der Waals surface area contributed by atoms with Gasteiger partial charge in [-0.3, -0.25) is 14.4 Å². The van der Waals surface area contributed by atoms with Gasteiger partial charge in [0.25, 0.3) is 0 Å². The van der Waals surface area contributed by atoms with E-state index in [4.69, 9.17) is 14.2 Å². The maximum absolute atomic E-state index is 12.8. The molecule has 0 aromatic carbocycles. The van der Waals surface area contributed by atoms with Gasteiger partial charge < -0.3 is 14.2 Å². The Morgan fingerprint density at radius 3 is 0.762 bits per heavy atom. The number of allylic oxidation sites excluding steroid dienone is 28. The number of ether oxygens (including phenoxy) is 3. The van der Waals surface area contributed by atoms with Crippen molar-refractivity contribution in [1.29, 1.82) is 0 Å². The molecule has 0 aromatic rings. The molecule has 0 aromatic heterocycles. The van der Waals surface area contributed by atoms with Gasteiger partial charge in [-0.25, -0.2) is 0 Å². The van der Waals surface area contributed by atoms with Gasteiger partial charge >= 0.3 is 17.9 Å². The van der Waals surface area contributed by atoms with Crippen LogP contribution in [0.3, 0.4) is 0 Å². The van der Waals surface area contributed by atoms with Gasteiger partial charge in [-0.15, -0.1) is 0 Å². The van der Waals surface area contributed by atoms with E-state index in [2.05, 4.69) is 191 Å². The number of rotatable bonds is 56. The van der Waals surface area contributed by atoms with Crippen LogP contribution in [0.4, 0.5) is 0 Å².